The highest BCUT2D eigenvalue weighted by atomic mass is 32.2. The molecule has 7 heteroatoms. The predicted octanol–water partition coefficient (Wildman–Crippen LogP) is 3.84. The minimum absolute atomic E-state index is 0.0460. The van der Waals surface area contributed by atoms with Gasteiger partial charge in [0.25, 0.3) is 5.22 Å². The van der Waals surface area contributed by atoms with Crippen molar-refractivity contribution in [2.75, 3.05) is 18.1 Å². The minimum atomic E-state index is -0.0460. The molecule has 3 rings (SSSR count). The third-order valence-corrected chi connectivity index (χ3v) is 5.40. The minimum Gasteiger partial charge on any atom is -0.431 e. The first kappa shape index (κ1) is 18.4. The number of para-hydroxylation sites is 2. The van der Waals surface area contributed by atoms with E-state index in [2.05, 4.69) is 16.4 Å². The Morgan fingerprint density at radius 3 is 2.85 bits per heavy atom. The fourth-order valence-corrected chi connectivity index (χ4v) is 3.82. The molecule has 0 bridgehead atoms. The maximum atomic E-state index is 11.9. The van der Waals surface area contributed by atoms with E-state index in [1.807, 2.05) is 48.5 Å². The Hall–Kier alpha value is -2.43. The van der Waals surface area contributed by atoms with E-state index in [4.69, 9.17) is 9.68 Å². The summed E-state index contributed by atoms with van der Waals surface area (Å²) in [6.07, 6.45) is 0. The van der Waals surface area contributed by atoms with Crippen LogP contribution in [0.4, 0.5) is 0 Å². The molecule has 0 aliphatic heterocycles. The summed E-state index contributed by atoms with van der Waals surface area (Å²) in [4.78, 5) is 16.2. The Morgan fingerprint density at radius 1 is 1.19 bits per heavy atom. The zero-order valence-electron chi connectivity index (χ0n) is 14.0. The first-order valence-electron chi connectivity index (χ1n) is 8.07. The molecule has 0 radical (unpaired) electrons. The number of hydrogen-bond donors (Lipinski definition) is 1. The Labute approximate surface area is 160 Å². The van der Waals surface area contributed by atoms with Crippen molar-refractivity contribution < 1.29 is 9.21 Å². The van der Waals surface area contributed by atoms with Crippen LogP contribution < -0.4 is 5.32 Å². The first-order valence-corrected chi connectivity index (χ1v) is 10.2. The predicted molar refractivity (Wildman–Crippen MR) is 105 cm³/mol. The Morgan fingerprint density at radius 2 is 2.00 bits per heavy atom. The van der Waals surface area contributed by atoms with E-state index in [0.29, 0.717) is 17.3 Å². The third-order valence-electron chi connectivity index (χ3n) is 3.56. The molecule has 0 aliphatic carbocycles. The summed E-state index contributed by atoms with van der Waals surface area (Å²) in [5.41, 5.74) is 3.26. The molecule has 132 valence electrons. The zero-order valence-corrected chi connectivity index (χ0v) is 15.6. The van der Waals surface area contributed by atoms with Crippen molar-refractivity contribution in [1.29, 1.82) is 5.26 Å². The molecule has 26 heavy (non-hydrogen) atoms. The van der Waals surface area contributed by atoms with Crippen LogP contribution >= 0.6 is 23.5 Å². The van der Waals surface area contributed by atoms with E-state index in [-0.39, 0.29) is 11.7 Å². The molecular formula is C19H17N3O2S2. The highest BCUT2D eigenvalue weighted by Crippen LogP contribution is 2.22. The van der Waals surface area contributed by atoms with Gasteiger partial charge in [-0.25, -0.2) is 4.98 Å². The second-order valence-electron chi connectivity index (χ2n) is 5.41. The van der Waals surface area contributed by atoms with E-state index in [9.17, 15) is 4.79 Å². The number of nitrogens with zero attached hydrogens (tertiary/aromatic N) is 2. The Kier molecular flexibility index (Phi) is 6.58. The molecule has 0 atom stereocenters. The first-order chi connectivity index (χ1) is 12.8. The number of fused-ring (bicyclic) bond motifs is 1. The van der Waals surface area contributed by atoms with Crippen molar-refractivity contribution >= 4 is 40.5 Å². The molecule has 0 spiro atoms. The molecule has 0 saturated carbocycles. The summed E-state index contributed by atoms with van der Waals surface area (Å²) in [6, 6.07) is 17.3. The molecule has 3 aromatic rings. The number of oxazole rings is 1. The van der Waals surface area contributed by atoms with Crippen LogP contribution in [0.5, 0.6) is 0 Å². The second kappa shape index (κ2) is 9.32. The van der Waals surface area contributed by atoms with Gasteiger partial charge in [0.1, 0.15) is 5.52 Å². The molecular weight excluding hydrogens is 366 g/mol. The van der Waals surface area contributed by atoms with E-state index in [1.54, 1.807) is 11.8 Å². The summed E-state index contributed by atoms with van der Waals surface area (Å²) in [7, 11) is 0. The van der Waals surface area contributed by atoms with Crippen molar-refractivity contribution in [3.05, 3.63) is 59.7 Å². The lowest BCUT2D eigenvalue weighted by atomic mass is 10.1. The SMILES string of the molecule is N#Cc1ccccc1CSCCNC(=O)CSc1nc2ccccc2o1. The lowest BCUT2D eigenvalue weighted by Gasteiger charge is -2.05. The molecule has 1 aromatic heterocycles. The van der Waals surface area contributed by atoms with Gasteiger partial charge in [-0.3, -0.25) is 4.79 Å². The van der Waals surface area contributed by atoms with Gasteiger partial charge in [-0.05, 0) is 23.8 Å². The van der Waals surface area contributed by atoms with Gasteiger partial charge in [0.15, 0.2) is 5.58 Å². The molecule has 0 unspecified atom stereocenters. The molecule has 1 amide bonds. The van der Waals surface area contributed by atoms with Crippen LogP contribution in [0, 0.1) is 11.3 Å². The van der Waals surface area contributed by atoms with Gasteiger partial charge in [-0.2, -0.15) is 17.0 Å². The fraction of sp³-hybridized carbons (Fsp3) is 0.211. The van der Waals surface area contributed by atoms with Crippen molar-refractivity contribution in [3.8, 4) is 6.07 Å². The van der Waals surface area contributed by atoms with Gasteiger partial charge < -0.3 is 9.73 Å². The van der Waals surface area contributed by atoms with Crippen LogP contribution in [-0.2, 0) is 10.5 Å². The number of thioether (sulfide) groups is 2. The molecule has 0 fully saturated rings. The number of rotatable bonds is 8. The van der Waals surface area contributed by atoms with E-state index in [1.165, 1.54) is 11.8 Å². The highest BCUT2D eigenvalue weighted by molar-refractivity contribution is 7.99. The molecule has 5 nitrogen and oxygen atoms in total. The summed E-state index contributed by atoms with van der Waals surface area (Å²) < 4.78 is 5.57. The molecule has 0 saturated heterocycles. The molecule has 2 aromatic carbocycles. The zero-order chi connectivity index (χ0) is 18.2. The van der Waals surface area contributed by atoms with E-state index in [0.717, 1.165) is 28.2 Å². The Balaban J connectivity index is 1.35. The van der Waals surface area contributed by atoms with Crippen LogP contribution in [0.15, 0.2) is 58.2 Å². The van der Waals surface area contributed by atoms with Crippen LogP contribution in [0.25, 0.3) is 11.1 Å². The number of benzene rings is 2. The van der Waals surface area contributed by atoms with Gasteiger partial charge in [-0.1, -0.05) is 42.1 Å². The smallest absolute Gasteiger partial charge is 0.257 e. The van der Waals surface area contributed by atoms with Gasteiger partial charge in [0.2, 0.25) is 5.91 Å². The normalized spacial score (nSPS) is 10.6. The second-order valence-corrected chi connectivity index (χ2v) is 7.44. The summed E-state index contributed by atoms with van der Waals surface area (Å²) >= 11 is 2.98. The lowest BCUT2D eigenvalue weighted by molar-refractivity contribution is -0.118. The average molecular weight is 383 g/mol. The maximum absolute atomic E-state index is 11.9. The topological polar surface area (TPSA) is 78.9 Å². The summed E-state index contributed by atoms with van der Waals surface area (Å²) in [5.74, 6) is 1.78. The quantitative estimate of drug-likeness (QED) is 0.470. The molecule has 1 N–H and O–H groups in total. The van der Waals surface area contributed by atoms with Crippen LogP contribution in [0.2, 0.25) is 0 Å². The number of amides is 1. The third kappa shape index (κ3) is 5.04. The van der Waals surface area contributed by atoms with Gasteiger partial charge in [-0.15, -0.1) is 0 Å². The van der Waals surface area contributed by atoms with Gasteiger partial charge in [0.05, 0.1) is 17.4 Å². The average Bonchev–Trinajstić information content (AvgIpc) is 3.09. The number of carbonyl (C=O) groups excluding carboxylic acids is 1. The summed E-state index contributed by atoms with van der Waals surface area (Å²) in [6.45, 7) is 0.590. The molecule has 1 heterocycles. The fourth-order valence-electron chi connectivity index (χ4n) is 2.29. The highest BCUT2D eigenvalue weighted by Gasteiger charge is 2.08. The number of hydrogen-bond acceptors (Lipinski definition) is 6. The van der Waals surface area contributed by atoms with Crippen LogP contribution in [0.1, 0.15) is 11.1 Å². The monoisotopic (exact) mass is 383 g/mol. The number of carbonyl (C=O) groups is 1. The largest absolute Gasteiger partial charge is 0.431 e. The standard InChI is InChI=1S/C19H17N3O2S2/c20-11-14-5-1-2-6-15(14)12-25-10-9-21-18(23)13-26-19-22-16-7-3-4-8-17(16)24-19/h1-8H,9-10,12-13H2,(H,21,23). The lowest BCUT2D eigenvalue weighted by Crippen LogP contribution is -2.27. The van der Waals surface area contributed by atoms with Crippen molar-refractivity contribution in [1.82, 2.24) is 10.3 Å². The number of aromatic nitrogens is 1. The van der Waals surface area contributed by atoms with Crippen molar-refractivity contribution in [2.24, 2.45) is 0 Å². The van der Waals surface area contributed by atoms with E-state index < -0.39 is 0 Å². The summed E-state index contributed by atoms with van der Waals surface area (Å²) in [5, 5.41) is 12.5. The van der Waals surface area contributed by atoms with Crippen molar-refractivity contribution in [2.45, 2.75) is 11.0 Å². The Bertz CT molecular complexity index is 901. The number of nitriles is 1. The number of nitrogens with one attached hydrogen (secondary N) is 1. The maximum Gasteiger partial charge on any atom is 0.257 e. The van der Waals surface area contributed by atoms with Gasteiger partial charge >= 0.3 is 0 Å². The van der Waals surface area contributed by atoms with Gasteiger partial charge in [0, 0.05) is 18.1 Å². The van der Waals surface area contributed by atoms with Crippen LogP contribution in [0.3, 0.4) is 0 Å². The van der Waals surface area contributed by atoms with Crippen LogP contribution in [-0.4, -0.2) is 28.9 Å². The van der Waals surface area contributed by atoms with E-state index >= 15 is 0 Å². The molecule has 0 aliphatic rings. The van der Waals surface area contributed by atoms with Crippen molar-refractivity contribution in [3.63, 3.8) is 0 Å².